The van der Waals surface area contributed by atoms with Gasteiger partial charge in [-0.25, -0.2) is 0 Å². The topological polar surface area (TPSA) is 0 Å². The summed E-state index contributed by atoms with van der Waals surface area (Å²) in [5, 5.41) is 4.45. The van der Waals surface area contributed by atoms with Crippen molar-refractivity contribution < 1.29 is 0 Å². The van der Waals surface area contributed by atoms with Gasteiger partial charge in [0.15, 0.2) is 0 Å². The molecule has 0 aromatic carbocycles. The number of unbranched alkanes of at least 4 members (excludes halogenated alkanes) is 2. The monoisotopic (exact) mass is 226 g/mol. The van der Waals surface area contributed by atoms with Crippen LogP contribution in [0.15, 0.2) is 22.9 Å². The van der Waals surface area contributed by atoms with Crippen LogP contribution in [0.1, 0.15) is 37.5 Å². The molecule has 0 N–H and O–H groups in total. The Morgan fingerprint density at radius 2 is 2.36 bits per heavy atom. The van der Waals surface area contributed by atoms with Crippen molar-refractivity contribution in [2.24, 2.45) is 0 Å². The molecule has 0 unspecified atom stereocenters. The van der Waals surface area contributed by atoms with Gasteiger partial charge in [0.05, 0.1) is 0 Å². The van der Waals surface area contributed by atoms with Crippen molar-refractivity contribution in [1.29, 1.82) is 0 Å². The first kappa shape index (κ1) is 11.9. The molecule has 0 aliphatic carbocycles. The molecule has 0 bridgehead atoms. The molecule has 78 valence electrons. The van der Waals surface area contributed by atoms with Crippen LogP contribution in [0.2, 0.25) is 0 Å². The molecular formula is C12H18S2. The lowest BCUT2D eigenvalue weighted by atomic mass is 10.1. The summed E-state index contributed by atoms with van der Waals surface area (Å²) in [5.74, 6) is 0. The Balaban J connectivity index is 2.53. The molecule has 2 heteroatoms. The van der Waals surface area contributed by atoms with Gasteiger partial charge < -0.3 is 0 Å². The number of thiophene rings is 1. The van der Waals surface area contributed by atoms with Crippen LogP contribution in [-0.2, 0) is 0 Å². The first-order valence-corrected chi connectivity index (χ1v) is 7.31. The zero-order valence-corrected chi connectivity index (χ0v) is 10.6. The fourth-order valence-electron chi connectivity index (χ4n) is 1.41. The number of allylic oxidation sites excluding steroid dienone is 1. The van der Waals surface area contributed by atoms with Gasteiger partial charge in [0.25, 0.3) is 0 Å². The van der Waals surface area contributed by atoms with Crippen LogP contribution < -0.4 is 0 Å². The SMILES string of the molecule is CCCCC/C(=C/SC)c1cccs1. The lowest BCUT2D eigenvalue weighted by molar-refractivity contribution is 0.736. The van der Waals surface area contributed by atoms with Gasteiger partial charge in [-0.15, -0.1) is 23.1 Å². The third kappa shape index (κ3) is 3.89. The van der Waals surface area contributed by atoms with Gasteiger partial charge in [-0.1, -0.05) is 25.8 Å². The number of hydrogen-bond acceptors (Lipinski definition) is 2. The minimum absolute atomic E-state index is 1.23. The summed E-state index contributed by atoms with van der Waals surface area (Å²) < 4.78 is 0. The van der Waals surface area contributed by atoms with Gasteiger partial charge in [0.2, 0.25) is 0 Å². The summed E-state index contributed by atoms with van der Waals surface area (Å²) in [4.78, 5) is 1.44. The molecule has 0 saturated heterocycles. The third-order valence-corrected chi connectivity index (χ3v) is 3.61. The average molecular weight is 226 g/mol. The predicted octanol–water partition coefficient (Wildman–Crippen LogP) is 5.03. The van der Waals surface area contributed by atoms with Crippen molar-refractivity contribution in [3.63, 3.8) is 0 Å². The van der Waals surface area contributed by atoms with Crippen molar-refractivity contribution in [3.05, 3.63) is 27.8 Å². The molecule has 0 spiro atoms. The fourth-order valence-corrected chi connectivity index (χ4v) is 2.79. The van der Waals surface area contributed by atoms with E-state index in [2.05, 4.69) is 36.1 Å². The molecule has 14 heavy (non-hydrogen) atoms. The first-order valence-electron chi connectivity index (χ1n) is 5.14. The standard InChI is InChI=1S/C12H18S2/c1-3-4-5-7-11(10-13-2)12-8-6-9-14-12/h6,8-10H,3-5,7H2,1-2H3/b11-10-. The molecule has 0 nitrogen and oxygen atoms in total. The van der Waals surface area contributed by atoms with E-state index in [1.165, 1.54) is 36.1 Å². The molecule has 0 aliphatic heterocycles. The summed E-state index contributed by atoms with van der Waals surface area (Å²) >= 11 is 3.66. The summed E-state index contributed by atoms with van der Waals surface area (Å²) in [7, 11) is 0. The van der Waals surface area contributed by atoms with Crippen LogP contribution in [0.5, 0.6) is 0 Å². The Morgan fingerprint density at radius 1 is 1.50 bits per heavy atom. The van der Waals surface area contributed by atoms with Gasteiger partial charge in [-0.2, -0.15) is 0 Å². The Labute approximate surface area is 95.4 Å². The van der Waals surface area contributed by atoms with Crippen molar-refractivity contribution >= 4 is 28.7 Å². The zero-order valence-electron chi connectivity index (χ0n) is 8.95. The third-order valence-electron chi connectivity index (χ3n) is 2.15. The van der Waals surface area contributed by atoms with E-state index in [4.69, 9.17) is 0 Å². The van der Waals surface area contributed by atoms with Crippen molar-refractivity contribution in [2.75, 3.05) is 6.26 Å². The second kappa shape index (κ2) is 7.13. The molecule has 0 atom stereocenters. The second-order valence-electron chi connectivity index (χ2n) is 3.31. The van der Waals surface area contributed by atoms with Gasteiger partial charge >= 0.3 is 0 Å². The maximum absolute atomic E-state index is 2.29. The molecule has 0 fully saturated rings. The van der Waals surface area contributed by atoms with Crippen molar-refractivity contribution in [3.8, 4) is 0 Å². The first-order chi connectivity index (χ1) is 6.88. The molecule has 1 aromatic rings. The molecule has 0 amide bonds. The highest BCUT2D eigenvalue weighted by atomic mass is 32.2. The smallest absolute Gasteiger partial charge is 0.0307 e. The largest absolute Gasteiger partial charge is 0.144 e. The van der Waals surface area contributed by atoms with Crippen LogP contribution in [0.3, 0.4) is 0 Å². The van der Waals surface area contributed by atoms with E-state index in [1.807, 2.05) is 23.1 Å². The Morgan fingerprint density at radius 3 is 2.93 bits per heavy atom. The summed E-state index contributed by atoms with van der Waals surface area (Å²) in [6, 6.07) is 4.35. The molecule has 1 aromatic heterocycles. The Bertz CT molecular complexity index is 260. The van der Waals surface area contributed by atoms with Crippen molar-refractivity contribution in [2.45, 2.75) is 32.6 Å². The zero-order chi connectivity index (χ0) is 10.2. The minimum atomic E-state index is 1.23. The number of hydrogen-bond donors (Lipinski definition) is 0. The van der Waals surface area contributed by atoms with Crippen LogP contribution in [0.4, 0.5) is 0 Å². The molecule has 0 radical (unpaired) electrons. The highest BCUT2D eigenvalue weighted by Crippen LogP contribution is 2.27. The van der Waals surface area contributed by atoms with E-state index in [9.17, 15) is 0 Å². The van der Waals surface area contributed by atoms with E-state index >= 15 is 0 Å². The summed E-state index contributed by atoms with van der Waals surface area (Å²) in [6.07, 6.45) is 7.33. The highest BCUT2D eigenvalue weighted by molar-refractivity contribution is 8.01. The Kier molecular flexibility index (Phi) is 6.04. The van der Waals surface area contributed by atoms with E-state index in [1.54, 1.807) is 0 Å². The second-order valence-corrected chi connectivity index (χ2v) is 4.97. The van der Waals surface area contributed by atoms with Crippen LogP contribution in [0, 0.1) is 0 Å². The average Bonchev–Trinajstić information content (AvgIpc) is 2.70. The van der Waals surface area contributed by atoms with Gasteiger partial charge in [-0.3, -0.25) is 0 Å². The lowest BCUT2D eigenvalue weighted by Gasteiger charge is -2.03. The van der Waals surface area contributed by atoms with E-state index in [0.717, 1.165) is 0 Å². The van der Waals surface area contributed by atoms with Gasteiger partial charge in [0, 0.05) is 4.88 Å². The van der Waals surface area contributed by atoms with Crippen molar-refractivity contribution in [1.82, 2.24) is 0 Å². The molecule has 0 aliphatic rings. The van der Waals surface area contributed by atoms with E-state index < -0.39 is 0 Å². The summed E-state index contributed by atoms with van der Waals surface area (Å²) in [5.41, 5.74) is 1.51. The normalized spacial score (nSPS) is 12.0. The van der Waals surface area contributed by atoms with E-state index in [0.29, 0.717) is 0 Å². The maximum atomic E-state index is 2.29. The van der Waals surface area contributed by atoms with E-state index in [-0.39, 0.29) is 0 Å². The number of rotatable bonds is 6. The summed E-state index contributed by atoms with van der Waals surface area (Å²) in [6.45, 7) is 2.25. The van der Waals surface area contributed by atoms with Gasteiger partial charge in [-0.05, 0) is 41.5 Å². The number of thioether (sulfide) groups is 1. The fraction of sp³-hybridized carbons (Fsp3) is 0.500. The molecule has 1 rings (SSSR count). The quantitative estimate of drug-likeness (QED) is 0.613. The highest BCUT2D eigenvalue weighted by Gasteiger charge is 2.01. The Hall–Kier alpha value is -0.210. The predicted molar refractivity (Wildman–Crippen MR) is 70.0 cm³/mol. The van der Waals surface area contributed by atoms with Crippen LogP contribution in [-0.4, -0.2) is 6.26 Å². The molecular weight excluding hydrogens is 208 g/mol. The molecule has 0 saturated carbocycles. The lowest BCUT2D eigenvalue weighted by Crippen LogP contribution is -1.81. The van der Waals surface area contributed by atoms with Gasteiger partial charge in [0.1, 0.15) is 0 Å². The maximum Gasteiger partial charge on any atom is 0.0307 e. The molecule has 1 heterocycles. The van der Waals surface area contributed by atoms with Crippen LogP contribution >= 0.6 is 23.1 Å². The minimum Gasteiger partial charge on any atom is -0.144 e. The van der Waals surface area contributed by atoms with Crippen LogP contribution in [0.25, 0.3) is 5.57 Å².